The summed E-state index contributed by atoms with van der Waals surface area (Å²) in [7, 11) is -0.419. The maximum Gasteiger partial charge on any atom is 0.460 e. The Morgan fingerprint density at radius 2 is 1.17 bits per heavy atom. The van der Waals surface area contributed by atoms with Crippen molar-refractivity contribution in [2.75, 3.05) is 6.61 Å². The van der Waals surface area contributed by atoms with Crippen LogP contribution in [0.2, 0.25) is 0 Å². The minimum Gasteiger partial charge on any atom is -0.377 e. The fraction of sp³-hybridized carbons (Fsp3) is 1.00. The van der Waals surface area contributed by atoms with Gasteiger partial charge in [0.2, 0.25) is 0 Å². The van der Waals surface area contributed by atoms with E-state index >= 15 is 0 Å². The highest BCUT2D eigenvalue weighted by atomic mass is 28.1. The zero-order chi connectivity index (χ0) is 23.3. The first kappa shape index (κ1) is 26.2. The SMILES string of the molecule is FC(CC(F)(F)C(F)(F)C(F)(F)C(F)(F)C(F)(F)C(F)(F)F)C1([SiH3])CCCCO1. The fourth-order valence-electron chi connectivity index (χ4n) is 2.57. The molecule has 0 aromatic carbocycles. The molecule has 0 aromatic heterocycles. The Hall–Kier alpha value is -0.803. The summed E-state index contributed by atoms with van der Waals surface area (Å²) in [6.45, 7) is -0.197. The molecule has 29 heavy (non-hydrogen) atoms. The van der Waals surface area contributed by atoms with Gasteiger partial charge in [0, 0.05) is 16.8 Å². The molecule has 0 N–H and O–H groups in total. The molecule has 0 aliphatic carbocycles. The monoisotopic (exact) mass is 480 g/mol. The number of ether oxygens (including phenoxy) is 1. The Morgan fingerprint density at radius 1 is 0.724 bits per heavy atom. The molecular formula is C13H14F14OSi. The summed E-state index contributed by atoms with van der Waals surface area (Å²) in [5, 5.41) is -2.06. The Morgan fingerprint density at radius 3 is 1.55 bits per heavy atom. The lowest BCUT2D eigenvalue weighted by molar-refractivity contribution is -0.440. The molecule has 1 aliphatic rings. The van der Waals surface area contributed by atoms with Gasteiger partial charge in [-0.25, -0.2) is 4.39 Å². The Bertz CT molecular complexity index is 581. The molecule has 0 saturated carbocycles. The Kier molecular flexibility index (Phi) is 6.70. The van der Waals surface area contributed by atoms with Crippen molar-refractivity contribution in [3.63, 3.8) is 0 Å². The third-order valence-electron chi connectivity index (χ3n) is 4.60. The van der Waals surface area contributed by atoms with Crippen LogP contribution < -0.4 is 0 Å². The van der Waals surface area contributed by atoms with Gasteiger partial charge >= 0.3 is 35.8 Å². The van der Waals surface area contributed by atoms with E-state index in [-0.39, 0.29) is 19.4 Å². The van der Waals surface area contributed by atoms with E-state index in [1.165, 1.54) is 0 Å². The molecule has 1 aliphatic heterocycles. The standard InChI is InChI=1S/C13H14F14OSi/c14-6(7(29)3-1-2-4-28-7)5-8(15,16)9(17,18)10(19,20)11(21,22)12(23,24)13(25,26)27/h6H,1-5H2,29H3. The van der Waals surface area contributed by atoms with E-state index in [1.807, 2.05) is 0 Å². The average Bonchev–Trinajstić information content (AvgIpc) is 2.53. The molecule has 1 rings (SSSR count). The first-order valence-electron chi connectivity index (χ1n) is 7.82. The molecule has 1 fully saturated rings. The van der Waals surface area contributed by atoms with Crippen molar-refractivity contribution in [1.29, 1.82) is 0 Å². The van der Waals surface area contributed by atoms with Gasteiger partial charge in [-0.15, -0.1) is 0 Å². The van der Waals surface area contributed by atoms with Crippen molar-refractivity contribution in [2.45, 2.75) is 72.9 Å². The summed E-state index contributed by atoms with van der Waals surface area (Å²) < 4.78 is 188. The number of halogens is 14. The lowest BCUT2D eigenvalue weighted by Gasteiger charge is -2.42. The first-order valence-corrected chi connectivity index (χ1v) is 8.82. The van der Waals surface area contributed by atoms with Gasteiger partial charge in [-0.2, -0.15) is 57.1 Å². The second kappa shape index (κ2) is 7.41. The fourth-order valence-corrected chi connectivity index (χ4v) is 3.34. The van der Waals surface area contributed by atoms with Crippen LogP contribution in [0.1, 0.15) is 25.7 Å². The van der Waals surface area contributed by atoms with Gasteiger partial charge in [0.05, 0.1) is 11.6 Å². The largest absolute Gasteiger partial charge is 0.460 e. The minimum absolute atomic E-state index is 0.178. The summed E-state index contributed by atoms with van der Waals surface area (Å²) in [6, 6.07) is 0. The predicted octanol–water partition coefficient (Wildman–Crippen LogP) is 4.72. The zero-order valence-electron chi connectivity index (χ0n) is 14.3. The van der Waals surface area contributed by atoms with Crippen LogP contribution in [0.5, 0.6) is 0 Å². The van der Waals surface area contributed by atoms with Gasteiger partial charge in [0.1, 0.15) is 6.17 Å². The molecule has 1 nitrogen and oxygen atoms in total. The van der Waals surface area contributed by atoms with Crippen molar-refractivity contribution >= 4 is 10.2 Å². The smallest absolute Gasteiger partial charge is 0.377 e. The van der Waals surface area contributed by atoms with Crippen molar-refractivity contribution in [3.8, 4) is 0 Å². The van der Waals surface area contributed by atoms with Gasteiger partial charge in [-0.3, -0.25) is 0 Å². The molecule has 174 valence electrons. The predicted molar refractivity (Wildman–Crippen MR) is 72.8 cm³/mol. The molecule has 2 unspecified atom stereocenters. The number of alkyl halides is 14. The van der Waals surface area contributed by atoms with E-state index < -0.39 is 63.8 Å². The van der Waals surface area contributed by atoms with E-state index in [4.69, 9.17) is 4.74 Å². The quantitative estimate of drug-likeness (QED) is 0.379. The lowest BCUT2D eigenvalue weighted by Crippen LogP contribution is -2.70. The van der Waals surface area contributed by atoms with Gasteiger partial charge in [-0.1, -0.05) is 0 Å². The van der Waals surface area contributed by atoms with Crippen molar-refractivity contribution < 1.29 is 66.2 Å². The number of hydrogen-bond donors (Lipinski definition) is 0. The first-order chi connectivity index (χ1) is 12.6. The molecule has 0 amide bonds. The molecule has 16 heteroatoms. The third-order valence-corrected chi connectivity index (χ3v) is 6.01. The Balaban J connectivity index is 3.28. The molecular weight excluding hydrogens is 466 g/mol. The van der Waals surface area contributed by atoms with Crippen molar-refractivity contribution in [1.82, 2.24) is 0 Å². The van der Waals surface area contributed by atoms with Gasteiger partial charge < -0.3 is 4.74 Å². The zero-order valence-corrected chi connectivity index (χ0v) is 16.3. The summed E-state index contributed by atoms with van der Waals surface area (Å²) in [5.41, 5.74) is 0. The van der Waals surface area contributed by atoms with Crippen LogP contribution in [0, 0.1) is 0 Å². The molecule has 1 heterocycles. The van der Waals surface area contributed by atoms with Gasteiger partial charge in [-0.05, 0) is 19.3 Å². The van der Waals surface area contributed by atoms with Crippen LogP contribution in [0.3, 0.4) is 0 Å². The number of rotatable bonds is 7. The second-order valence-electron chi connectivity index (χ2n) is 6.79. The third kappa shape index (κ3) is 4.06. The van der Waals surface area contributed by atoms with E-state index in [1.54, 1.807) is 0 Å². The van der Waals surface area contributed by atoms with Crippen LogP contribution >= 0.6 is 0 Å². The lowest BCUT2D eigenvalue weighted by atomic mass is 9.90. The molecule has 2 atom stereocenters. The highest BCUT2D eigenvalue weighted by Crippen LogP contribution is 2.61. The maximum absolute atomic E-state index is 14.1. The second-order valence-corrected chi connectivity index (χ2v) is 8.48. The van der Waals surface area contributed by atoms with E-state index in [9.17, 15) is 61.5 Å². The molecule has 0 aromatic rings. The van der Waals surface area contributed by atoms with E-state index in [2.05, 4.69) is 0 Å². The summed E-state index contributed by atoms with van der Waals surface area (Å²) in [6.07, 6.45) is -13.2. The molecule has 0 spiro atoms. The Labute approximate surface area is 157 Å². The summed E-state index contributed by atoms with van der Waals surface area (Å²) in [4.78, 5) is 0. The summed E-state index contributed by atoms with van der Waals surface area (Å²) >= 11 is 0. The van der Waals surface area contributed by atoms with Crippen LogP contribution in [0.4, 0.5) is 61.5 Å². The number of hydrogen-bond acceptors (Lipinski definition) is 1. The highest BCUT2D eigenvalue weighted by Gasteiger charge is 2.90. The average molecular weight is 480 g/mol. The topological polar surface area (TPSA) is 9.23 Å². The van der Waals surface area contributed by atoms with Crippen LogP contribution in [-0.4, -0.2) is 64.0 Å². The van der Waals surface area contributed by atoms with Gasteiger partial charge in [0.15, 0.2) is 0 Å². The molecule has 0 radical (unpaired) electrons. The molecule has 1 saturated heterocycles. The molecule has 0 bridgehead atoms. The minimum atomic E-state index is -7.98. The van der Waals surface area contributed by atoms with Crippen LogP contribution in [0.15, 0.2) is 0 Å². The normalized spacial score (nSPS) is 24.6. The highest BCUT2D eigenvalue weighted by molar-refractivity contribution is 6.15. The van der Waals surface area contributed by atoms with E-state index in [0.717, 1.165) is 0 Å². The summed E-state index contributed by atoms with van der Waals surface area (Å²) in [5.74, 6) is -37.5. The maximum atomic E-state index is 14.1. The van der Waals surface area contributed by atoms with Crippen molar-refractivity contribution in [2.24, 2.45) is 0 Å². The van der Waals surface area contributed by atoms with E-state index in [0.29, 0.717) is 6.42 Å². The van der Waals surface area contributed by atoms with Crippen LogP contribution in [-0.2, 0) is 4.74 Å². The van der Waals surface area contributed by atoms with Gasteiger partial charge in [0.25, 0.3) is 0 Å². The van der Waals surface area contributed by atoms with Crippen LogP contribution in [0.25, 0.3) is 0 Å². The van der Waals surface area contributed by atoms with Crippen molar-refractivity contribution in [3.05, 3.63) is 0 Å².